The van der Waals surface area contributed by atoms with Crippen LogP contribution >= 0.6 is 35.0 Å². The van der Waals surface area contributed by atoms with Gasteiger partial charge in [0.2, 0.25) is 0 Å². The average Bonchev–Trinajstić information content (AvgIpc) is 2.99. The summed E-state index contributed by atoms with van der Waals surface area (Å²) in [5.41, 5.74) is 7.21. The van der Waals surface area contributed by atoms with E-state index in [9.17, 15) is 4.79 Å². The number of nitrogens with zero attached hydrogens (tertiary/aromatic N) is 1. The van der Waals surface area contributed by atoms with Crippen LogP contribution in [0.3, 0.4) is 0 Å². The molecular weight excluding hydrogens is 389 g/mol. The number of hydrogen-bond donors (Lipinski definition) is 2. The zero-order valence-electron chi connectivity index (χ0n) is 15.1. The van der Waals surface area contributed by atoms with Crippen LogP contribution in [0.2, 0.25) is 10.0 Å². The van der Waals surface area contributed by atoms with E-state index in [0.717, 1.165) is 18.5 Å². The number of carbonyl (C=O) groups is 1. The number of benzene rings is 1. The number of hydrogen-bond acceptors (Lipinski definition) is 4. The first kappa shape index (κ1) is 21.2. The SMILES string of the molecule is C=C(S/C(C(=O)NCCC1CCCN1C)=C(/C)N)c1ccc(Cl)c(Cl)c1. The van der Waals surface area contributed by atoms with Crippen molar-refractivity contribution in [3.05, 3.63) is 51.0 Å². The predicted molar refractivity (Wildman–Crippen MR) is 113 cm³/mol. The molecule has 1 saturated heterocycles. The summed E-state index contributed by atoms with van der Waals surface area (Å²) in [5.74, 6) is -0.170. The Bertz CT molecular complexity index is 717. The van der Waals surface area contributed by atoms with Gasteiger partial charge in [-0.1, -0.05) is 47.6 Å². The number of nitrogens with two attached hydrogens (primary N) is 1. The highest BCUT2D eigenvalue weighted by Gasteiger charge is 2.21. The van der Waals surface area contributed by atoms with Crippen LogP contribution in [0.1, 0.15) is 31.7 Å². The third kappa shape index (κ3) is 5.68. The zero-order valence-corrected chi connectivity index (χ0v) is 17.5. The fraction of sp³-hybridized carbons (Fsp3) is 0.421. The Kier molecular flexibility index (Phi) is 7.89. The highest BCUT2D eigenvalue weighted by Crippen LogP contribution is 2.35. The van der Waals surface area contributed by atoms with Crippen LogP contribution in [-0.2, 0) is 4.79 Å². The van der Waals surface area contributed by atoms with Gasteiger partial charge in [-0.05, 0) is 57.5 Å². The monoisotopic (exact) mass is 413 g/mol. The van der Waals surface area contributed by atoms with Gasteiger partial charge in [-0.25, -0.2) is 0 Å². The zero-order chi connectivity index (χ0) is 19.3. The second-order valence-electron chi connectivity index (χ2n) is 6.49. The number of halogens is 2. The van der Waals surface area contributed by atoms with E-state index in [4.69, 9.17) is 28.9 Å². The molecule has 0 aliphatic carbocycles. The molecule has 0 spiro atoms. The van der Waals surface area contributed by atoms with Gasteiger partial charge >= 0.3 is 0 Å². The summed E-state index contributed by atoms with van der Waals surface area (Å²) in [5, 5.41) is 3.91. The molecule has 1 atom stereocenters. The number of carbonyl (C=O) groups excluding carboxylic acids is 1. The van der Waals surface area contributed by atoms with Crippen molar-refractivity contribution >= 4 is 45.8 Å². The van der Waals surface area contributed by atoms with Gasteiger partial charge in [0.15, 0.2) is 0 Å². The molecule has 1 aliphatic rings. The van der Waals surface area contributed by atoms with Crippen molar-refractivity contribution < 1.29 is 4.79 Å². The second kappa shape index (κ2) is 9.70. The molecule has 1 amide bonds. The van der Waals surface area contributed by atoms with Crippen LogP contribution in [0.25, 0.3) is 4.91 Å². The fourth-order valence-electron chi connectivity index (χ4n) is 2.93. The minimum Gasteiger partial charge on any atom is -0.401 e. The lowest BCUT2D eigenvalue weighted by atomic mass is 10.1. The van der Waals surface area contributed by atoms with Crippen LogP contribution in [0.5, 0.6) is 0 Å². The number of rotatable bonds is 7. The number of likely N-dealkylation sites (tertiary alicyclic amines) is 1. The first-order chi connectivity index (χ1) is 12.3. The summed E-state index contributed by atoms with van der Waals surface area (Å²) in [7, 11) is 2.13. The Balaban J connectivity index is 1.95. The molecule has 142 valence electrons. The summed E-state index contributed by atoms with van der Waals surface area (Å²) in [6, 6.07) is 5.81. The van der Waals surface area contributed by atoms with E-state index in [1.807, 2.05) is 6.07 Å². The number of allylic oxidation sites excluding steroid dienone is 1. The Morgan fingerprint density at radius 2 is 2.15 bits per heavy atom. The van der Waals surface area contributed by atoms with E-state index in [-0.39, 0.29) is 5.91 Å². The van der Waals surface area contributed by atoms with Crippen molar-refractivity contribution in [3.63, 3.8) is 0 Å². The molecule has 1 aromatic rings. The Morgan fingerprint density at radius 3 is 2.73 bits per heavy atom. The molecular formula is C19H25Cl2N3OS. The highest BCUT2D eigenvalue weighted by molar-refractivity contribution is 8.12. The normalized spacial score (nSPS) is 18.5. The van der Waals surface area contributed by atoms with Crippen LogP contribution in [0.15, 0.2) is 35.4 Å². The predicted octanol–water partition coefficient (Wildman–Crippen LogP) is 4.49. The molecule has 1 heterocycles. The van der Waals surface area contributed by atoms with Crippen LogP contribution in [0.4, 0.5) is 0 Å². The molecule has 4 nitrogen and oxygen atoms in total. The molecule has 0 bridgehead atoms. The summed E-state index contributed by atoms with van der Waals surface area (Å²) in [6.07, 6.45) is 3.35. The van der Waals surface area contributed by atoms with E-state index in [1.165, 1.54) is 24.6 Å². The molecule has 0 saturated carbocycles. The number of thioether (sulfide) groups is 1. The molecule has 1 aliphatic heterocycles. The maximum Gasteiger partial charge on any atom is 0.259 e. The van der Waals surface area contributed by atoms with Crippen molar-refractivity contribution in [2.24, 2.45) is 5.73 Å². The van der Waals surface area contributed by atoms with E-state index < -0.39 is 0 Å². The molecule has 1 aromatic carbocycles. The highest BCUT2D eigenvalue weighted by atomic mass is 35.5. The average molecular weight is 414 g/mol. The summed E-state index contributed by atoms with van der Waals surface area (Å²) in [4.78, 5) is 16.0. The van der Waals surface area contributed by atoms with Crippen molar-refractivity contribution in [1.82, 2.24) is 10.2 Å². The van der Waals surface area contributed by atoms with Crippen molar-refractivity contribution in [2.75, 3.05) is 20.1 Å². The molecule has 7 heteroatoms. The fourth-order valence-corrected chi connectivity index (χ4v) is 4.05. The van der Waals surface area contributed by atoms with Gasteiger partial charge < -0.3 is 16.0 Å². The van der Waals surface area contributed by atoms with Gasteiger partial charge in [-0.3, -0.25) is 4.79 Å². The Morgan fingerprint density at radius 1 is 1.42 bits per heavy atom. The summed E-state index contributed by atoms with van der Waals surface area (Å²) < 4.78 is 0. The van der Waals surface area contributed by atoms with Crippen molar-refractivity contribution in [3.8, 4) is 0 Å². The van der Waals surface area contributed by atoms with Gasteiger partial charge in [-0.15, -0.1) is 0 Å². The first-order valence-electron chi connectivity index (χ1n) is 8.56. The first-order valence-corrected chi connectivity index (χ1v) is 10.1. The van der Waals surface area contributed by atoms with Gasteiger partial charge in [0.05, 0.1) is 15.0 Å². The van der Waals surface area contributed by atoms with E-state index in [0.29, 0.717) is 38.1 Å². The Hall–Kier alpha value is -1.14. The minimum atomic E-state index is -0.170. The lowest BCUT2D eigenvalue weighted by Crippen LogP contribution is -2.32. The van der Waals surface area contributed by atoms with E-state index in [2.05, 4.69) is 23.8 Å². The van der Waals surface area contributed by atoms with Crippen molar-refractivity contribution in [1.29, 1.82) is 0 Å². The van der Waals surface area contributed by atoms with E-state index in [1.54, 1.807) is 19.1 Å². The topological polar surface area (TPSA) is 58.4 Å². The summed E-state index contributed by atoms with van der Waals surface area (Å²) >= 11 is 13.3. The number of amides is 1. The molecule has 0 aromatic heterocycles. The quantitative estimate of drug-likeness (QED) is 0.646. The lowest BCUT2D eigenvalue weighted by Gasteiger charge is -2.19. The minimum absolute atomic E-state index is 0.170. The third-order valence-electron chi connectivity index (χ3n) is 4.47. The molecule has 2 rings (SSSR count). The van der Waals surface area contributed by atoms with Crippen LogP contribution in [-0.4, -0.2) is 37.0 Å². The molecule has 3 N–H and O–H groups in total. The molecule has 0 radical (unpaired) electrons. The van der Waals surface area contributed by atoms with Gasteiger partial charge in [0.1, 0.15) is 0 Å². The Labute approximate surface area is 169 Å². The maximum atomic E-state index is 12.6. The summed E-state index contributed by atoms with van der Waals surface area (Å²) in [6.45, 7) is 7.51. The van der Waals surface area contributed by atoms with E-state index >= 15 is 0 Å². The number of nitrogens with one attached hydrogen (secondary N) is 1. The maximum absolute atomic E-state index is 12.6. The molecule has 1 fully saturated rings. The van der Waals surface area contributed by atoms with Gasteiger partial charge in [0.25, 0.3) is 5.91 Å². The van der Waals surface area contributed by atoms with Gasteiger partial charge in [-0.2, -0.15) is 0 Å². The standard InChI is InChI=1S/C19H25Cl2N3OS/c1-12(22)18(19(25)23-9-8-15-5-4-10-24(15)3)26-13(2)14-6-7-16(20)17(21)11-14/h6-7,11,15H,2,4-5,8-10,22H2,1,3H3,(H,23,25)/b18-12-. The molecule has 1 unspecified atom stereocenters. The van der Waals surface area contributed by atoms with Crippen LogP contribution < -0.4 is 11.1 Å². The molecule has 26 heavy (non-hydrogen) atoms. The van der Waals surface area contributed by atoms with Gasteiger partial charge in [0, 0.05) is 23.2 Å². The smallest absolute Gasteiger partial charge is 0.259 e. The third-order valence-corrected chi connectivity index (χ3v) is 6.40. The second-order valence-corrected chi connectivity index (χ2v) is 8.41. The largest absolute Gasteiger partial charge is 0.401 e. The van der Waals surface area contributed by atoms with Crippen molar-refractivity contribution in [2.45, 2.75) is 32.2 Å². The van der Waals surface area contributed by atoms with Crippen LogP contribution in [0, 0.1) is 0 Å². The lowest BCUT2D eigenvalue weighted by molar-refractivity contribution is -0.116.